The van der Waals surface area contributed by atoms with E-state index in [0.29, 0.717) is 11.1 Å². The van der Waals surface area contributed by atoms with Gasteiger partial charge in [0.25, 0.3) is 0 Å². The number of piperidine rings is 1. The molecule has 17 heavy (non-hydrogen) atoms. The van der Waals surface area contributed by atoms with Crippen LogP contribution in [0.4, 0.5) is 0 Å². The predicted octanol–water partition coefficient (Wildman–Crippen LogP) is 3.18. The summed E-state index contributed by atoms with van der Waals surface area (Å²) in [4.78, 5) is 2.44. The van der Waals surface area contributed by atoms with Crippen LogP contribution in [0.3, 0.4) is 0 Å². The van der Waals surface area contributed by atoms with E-state index in [0.717, 1.165) is 30.2 Å². The van der Waals surface area contributed by atoms with Gasteiger partial charge in [-0.1, -0.05) is 29.3 Å². The first-order chi connectivity index (χ1) is 8.19. The summed E-state index contributed by atoms with van der Waals surface area (Å²) < 4.78 is 0. The Labute approximate surface area is 113 Å². The van der Waals surface area contributed by atoms with Crippen molar-refractivity contribution in [2.45, 2.75) is 25.4 Å². The lowest BCUT2D eigenvalue weighted by molar-refractivity contribution is 0.188. The molecule has 2 nitrogen and oxygen atoms in total. The van der Waals surface area contributed by atoms with Gasteiger partial charge in [-0.3, -0.25) is 4.90 Å². The second-order valence-corrected chi connectivity index (χ2v) is 5.44. The molecule has 2 rings (SSSR count). The minimum Gasteiger partial charge on any atom is -0.316 e. The number of halogens is 2. The number of benzene rings is 1. The van der Waals surface area contributed by atoms with E-state index < -0.39 is 0 Å². The highest BCUT2D eigenvalue weighted by Gasteiger charge is 2.18. The van der Waals surface area contributed by atoms with Crippen LogP contribution in [-0.2, 0) is 6.54 Å². The molecule has 0 aliphatic carbocycles. The van der Waals surface area contributed by atoms with E-state index in [1.165, 1.54) is 12.8 Å². The molecule has 1 N–H and O–H groups in total. The van der Waals surface area contributed by atoms with Gasteiger partial charge in [-0.15, -0.1) is 0 Å². The fraction of sp³-hybridized carbons (Fsp3) is 0.538. The van der Waals surface area contributed by atoms with E-state index in [9.17, 15) is 0 Å². The van der Waals surface area contributed by atoms with Crippen LogP contribution in [0.1, 0.15) is 18.4 Å². The maximum Gasteiger partial charge on any atom is 0.0465 e. The highest BCUT2D eigenvalue weighted by atomic mass is 35.5. The molecular formula is C13H18Cl2N2. The summed E-state index contributed by atoms with van der Waals surface area (Å²) in [7, 11) is 2.03. The number of nitrogens with zero attached hydrogens (tertiary/aromatic N) is 1. The number of rotatable bonds is 3. The zero-order valence-electron chi connectivity index (χ0n) is 10.0. The third-order valence-corrected chi connectivity index (χ3v) is 3.91. The molecule has 1 heterocycles. The molecular weight excluding hydrogens is 255 g/mol. The molecule has 1 saturated heterocycles. The van der Waals surface area contributed by atoms with Crippen molar-refractivity contribution in [1.82, 2.24) is 10.2 Å². The molecule has 1 aliphatic heterocycles. The third kappa shape index (κ3) is 3.59. The first-order valence-electron chi connectivity index (χ1n) is 6.02. The third-order valence-electron chi connectivity index (χ3n) is 3.32. The molecule has 0 amide bonds. The molecule has 1 aromatic carbocycles. The zero-order chi connectivity index (χ0) is 12.3. The van der Waals surface area contributed by atoms with E-state index in [-0.39, 0.29) is 0 Å². The number of hydrogen-bond acceptors (Lipinski definition) is 2. The van der Waals surface area contributed by atoms with Gasteiger partial charge in [0.05, 0.1) is 0 Å². The summed E-state index contributed by atoms with van der Waals surface area (Å²) in [6.45, 7) is 3.15. The molecule has 1 fully saturated rings. The van der Waals surface area contributed by atoms with Crippen LogP contribution in [-0.4, -0.2) is 31.1 Å². The van der Waals surface area contributed by atoms with Gasteiger partial charge in [0, 0.05) is 29.2 Å². The second-order valence-electron chi connectivity index (χ2n) is 4.60. The van der Waals surface area contributed by atoms with Crippen molar-refractivity contribution in [3.05, 3.63) is 33.8 Å². The van der Waals surface area contributed by atoms with Gasteiger partial charge in [0.2, 0.25) is 0 Å². The Hall–Kier alpha value is -0.280. The fourth-order valence-electron chi connectivity index (χ4n) is 2.33. The van der Waals surface area contributed by atoms with Gasteiger partial charge >= 0.3 is 0 Å². The van der Waals surface area contributed by atoms with Crippen molar-refractivity contribution in [3.8, 4) is 0 Å². The molecule has 0 saturated carbocycles. The van der Waals surface area contributed by atoms with Crippen molar-refractivity contribution in [2.24, 2.45) is 0 Å². The van der Waals surface area contributed by atoms with Crippen LogP contribution in [0, 0.1) is 0 Å². The first kappa shape index (κ1) is 13.2. The Morgan fingerprint density at radius 2 is 2.24 bits per heavy atom. The highest BCUT2D eigenvalue weighted by Crippen LogP contribution is 2.23. The lowest BCUT2D eigenvalue weighted by atomic mass is 10.1. The van der Waals surface area contributed by atoms with Gasteiger partial charge in [0.15, 0.2) is 0 Å². The van der Waals surface area contributed by atoms with E-state index in [4.69, 9.17) is 23.2 Å². The van der Waals surface area contributed by atoms with Crippen LogP contribution in [0.15, 0.2) is 18.2 Å². The second kappa shape index (κ2) is 6.05. The summed E-state index contributed by atoms with van der Waals surface area (Å²) in [6, 6.07) is 6.35. The van der Waals surface area contributed by atoms with E-state index >= 15 is 0 Å². The van der Waals surface area contributed by atoms with Gasteiger partial charge in [0.1, 0.15) is 0 Å². The van der Waals surface area contributed by atoms with Gasteiger partial charge < -0.3 is 5.32 Å². The summed E-state index contributed by atoms with van der Waals surface area (Å²) >= 11 is 12.1. The van der Waals surface area contributed by atoms with Gasteiger partial charge in [-0.25, -0.2) is 0 Å². The molecule has 0 spiro atoms. The van der Waals surface area contributed by atoms with Crippen molar-refractivity contribution >= 4 is 23.2 Å². The number of likely N-dealkylation sites (tertiary alicyclic amines) is 1. The van der Waals surface area contributed by atoms with E-state index in [2.05, 4.69) is 10.2 Å². The average molecular weight is 273 g/mol. The molecule has 4 heteroatoms. The van der Waals surface area contributed by atoms with Crippen LogP contribution in [0.5, 0.6) is 0 Å². The molecule has 1 atom stereocenters. The van der Waals surface area contributed by atoms with E-state index in [1.54, 1.807) is 0 Å². The Morgan fingerprint density at radius 1 is 1.41 bits per heavy atom. The molecule has 0 aromatic heterocycles. The Morgan fingerprint density at radius 3 is 2.94 bits per heavy atom. The smallest absolute Gasteiger partial charge is 0.0465 e. The van der Waals surface area contributed by atoms with Crippen LogP contribution in [0.25, 0.3) is 0 Å². The maximum absolute atomic E-state index is 6.19. The monoisotopic (exact) mass is 272 g/mol. The quantitative estimate of drug-likeness (QED) is 0.910. The minimum absolute atomic E-state index is 0.606. The van der Waals surface area contributed by atoms with Crippen molar-refractivity contribution < 1.29 is 0 Å². The van der Waals surface area contributed by atoms with Gasteiger partial charge in [-0.2, -0.15) is 0 Å². The first-order valence-corrected chi connectivity index (χ1v) is 6.78. The fourth-order valence-corrected chi connectivity index (χ4v) is 2.79. The largest absolute Gasteiger partial charge is 0.316 e. The van der Waals surface area contributed by atoms with Crippen molar-refractivity contribution in [3.63, 3.8) is 0 Å². The number of nitrogens with one attached hydrogen (secondary N) is 1. The summed E-state index contributed by atoms with van der Waals surface area (Å²) in [6.07, 6.45) is 2.51. The standard InChI is InChI=1S/C13H18Cl2N2/c1-16-12-3-2-6-17(9-12)8-10-4-5-11(14)7-13(10)15/h4-5,7,12,16H,2-3,6,8-9H2,1H3. The molecule has 0 radical (unpaired) electrons. The highest BCUT2D eigenvalue weighted by molar-refractivity contribution is 6.35. The van der Waals surface area contributed by atoms with Gasteiger partial charge in [-0.05, 0) is 44.1 Å². The Balaban J connectivity index is 2.00. The predicted molar refractivity (Wildman–Crippen MR) is 73.8 cm³/mol. The topological polar surface area (TPSA) is 15.3 Å². The summed E-state index contributed by atoms with van der Waals surface area (Å²) in [5.74, 6) is 0. The molecule has 1 aromatic rings. The molecule has 1 aliphatic rings. The van der Waals surface area contributed by atoms with Crippen LogP contribution >= 0.6 is 23.2 Å². The van der Waals surface area contributed by atoms with Crippen LogP contribution < -0.4 is 5.32 Å². The van der Waals surface area contributed by atoms with Crippen LogP contribution in [0.2, 0.25) is 10.0 Å². The van der Waals surface area contributed by atoms with Crippen molar-refractivity contribution in [2.75, 3.05) is 20.1 Å². The average Bonchev–Trinajstić information content (AvgIpc) is 2.33. The normalized spacial score (nSPS) is 21.7. The Kier molecular flexibility index (Phi) is 4.69. The molecule has 1 unspecified atom stereocenters. The molecule has 0 bridgehead atoms. The minimum atomic E-state index is 0.606. The summed E-state index contributed by atoms with van der Waals surface area (Å²) in [5.41, 5.74) is 1.16. The lowest BCUT2D eigenvalue weighted by Gasteiger charge is -2.32. The Bertz CT molecular complexity index is 382. The van der Waals surface area contributed by atoms with E-state index in [1.807, 2.05) is 25.2 Å². The number of likely N-dealkylation sites (N-methyl/N-ethyl adjacent to an activating group) is 1. The van der Waals surface area contributed by atoms with Crippen molar-refractivity contribution in [1.29, 1.82) is 0 Å². The summed E-state index contributed by atoms with van der Waals surface area (Å²) in [5, 5.41) is 4.81. The lowest BCUT2D eigenvalue weighted by Crippen LogP contribution is -2.43. The number of hydrogen-bond donors (Lipinski definition) is 1. The molecule has 94 valence electrons. The maximum atomic E-state index is 6.19. The SMILES string of the molecule is CNC1CCCN(Cc2ccc(Cl)cc2Cl)C1. The zero-order valence-corrected chi connectivity index (χ0v) is 11.6.